The molecule has 0 spiro atoms. The number of nitrogens with one attached hydrogen (secondary N) is 2. The minimum absolute atomic E-state index is 0.230. The third kappa shape index (κ3) is 5.11. The smallest absolute Gasteiger partial charge is 0.307 e. The number of carbonyl (C=O) groups excluding carboxylic acids is 2. The Labute approximate surface area is 175 Å². The number of allylic oxidation sites excluding steroid dienone is 2. The highest BCUT2D eigenvalue weighted by molar-refractivity contribution is 5.97. The number of nitrogens with zero attached hydrogens (tertiary/aromatic N) is 1. The molecule has 0 aliphatic heterocycles. The normalized spacial score (nSPS) is 18.6. The third-order valence-corrected chi connectivity index (χ3v) is 5.51. The monoisotopic (exact) mass is 407 g/mol. The first-order valence-corrected chi connectivity index (χ1v) is 9.81. The summed E-state index contributed by atoms with van der Waals surface area (Å²) in [4.78, 5) is 40.6. The molecule has 156 valence electrons. The number of benzene rings is 1. The highest BCUT2D eigenvalue weighted by Crippen LogP contribution is 2.35. The van der Waals surface area contributed by atoms with Crippen LogP contribution in [0, 0.1) is 11.8 Å². The molecule has 0 saturated carbocycles. The third-order valence-electron chi connectivity index (χ3n) is 5.51. The first kappa shape index (κ1) is 21.2. The van der Waals surface area contributed by atoms with Crippen LogP contribution in [0.5, 0.6) is 0 Å². The zero-order valence-electron chi connectivity index (χ0n) is 17.0. The summed E-state index contributed by atoms with van der Waals surface area (Å²) < 4.78 is 0. The molecule has 2 atom stereocenters. The van der Waals surface area contributed by atoms with Gasteiger partial charge in [0.25, 0.3) is 5.91 Å². The quantitative estimate of drug-likeness (QED) is 0.636. The Morgan fingerprint density at radius 2 is 1.70 bits per heavy atom. The van der Waals surface area contributed by atoms with Gasteiger partial charge in [0.15, 0.2) is 0 Å². The number of hydrogen-bond acceptors (Lipinski definition) is 4. The van der Waals surface area contributed by atoms with Crippen molar-refractivity contribution in [3.63, 3.8) is 0 Å². The molecule has 0 unspecified atom stereocenters. The van der Waals surface area contributed by atoms with Crippen molar-refractivity contribution in [2.45, 2.75) is 33.2 Å². The maximum atomic E-state index is 12.7. The fraction of sp³-hybridized carbons (Fsp3) is 0.304. The minimum Gasteiger partial charge on any atom is -0.481 e. The van der Waals surface area contributed by atoms with Gasteiger partial charge < -0.3 is 15.7 Å². The van der Waals surface area contributed by atoms with Crippen LogP contribution in [0.4, 0.5) is 5.69 Å². The van der Waals surface area contributed by atoms with Crippen LogP contribution in [-0.4, -0.2) is 27.9 Å². The molecule has 2 aromatic rings. The Hall–Kier alpha value is -3.48. The van der Waals surface area contributed by atoms with Crippen molar-refractivity contribution in [2.24, 2.45) is 11.8 Å². The molecular weight excluding hydrogens is 382 g/mol. The van der Waals surface area contributed by atoms with Crippen LogP contribution in [0.3, 0.4) is 0 Å². The number of pyridine rings is 1. The second kappa shape index (κ2) is 9.35. The average Bonchev–Trinajstić information content (AvgIpc) is 2.74. The van der Waals surface area contributed by atoms with E-state index in [1.807, 2.05) is 19.9 Å². The van der Waals surface area contributed by atoms with Gasteiger partial charge in [-0.2, -0.15) is 0 Å². The lowest BCUT2D eigenvalue weighted by atomic mass is 9.76. The number of hydrogen-bond donors (Lipinski definition) is 3. The number of aliphatic carboxylic acids is 1. The van der Waals surface area contributed by atoms with Crippen LogP contribution in [0.25, 0.3) is 0 Å². The molecule has 1 heterocycles. The molecule has 1 aliphatic carbocycles. The zero-order valence-corrected chi connectivity index (χ0v) is 17.0. The number of anilines is 1. The first-order valence-electron chi connectivity index (χ1n) is 9.81. The van der Waals surface area contributed by atoms with Crippen LogP contribution in [0.15, 0.2) is 59.9 Å². The van der Waals surface area contributed by atoms with E-state index in [2.05, 4.69) is 15.6 Å². The number of carboxylic acids is 1. The maximum Gasteiger partial charge on any atom is 0.307 e. The van der Waals surface area contributed by atoms with Gasteiger partial charge in [-0.15, -0.1) is 0 Å². The fourth-order valence-corrected chi connectivity index (χ4v) is 3.55. The van der Waals surface area contributed by atoms with E-state index in [0.717, 1.165) is 16.7 Å². The molecule has 0 saturated heterocycles. The van der Waals surface area contributed by atoms with Crippen LogP contribution >= 0.6 is 0 Å². The van der Waals surface area contributed by atoms with Crippen molar-refractivity contribution in [1.29, 1.82) is 0 Å². The molecule has 2 amide bonds. The van der Waals surface area contributed by atoms with Crippen molar-refractivity contribution in [3.8, 4) is 0 Å². The fourth-order valence-electron chi connectivity index (χ4n) is 3.55. The lowest BCUT2D eigenvalue weighted by Gasteiger charge is -2.29. The Bertz CT molecular complexity index is 968. The molecule has 30 heavy (non-hydrogen) atoms. The van der Waals surface area contributed by atoms with Crippen LogP contribution in [0.1, 0.15) is 42.6 Å². The molecule has 7 nitrogen and oxygen atoms in total. The van der Waals surface area contributed by atoms with Crippen LogP contribution in [-0.2, 0) is 16.1 Å². The standard InChI is InChI=1S/C23H25N3O4/c1-14-10-19(20(23(29)30)11-15(14)2)22(28)26-18-7-5-17(6-8-18)21(27)25-13-16-4-3-9-24-12-16/h3-9,12,19-20H,10-11,13H2,1-2H3,(H,25,27)(H,26,28)(H,29,30)/t19-,20+/m0/s1. The van der Waals surface area contributed by atoms with Crippen molar-refractivity contribution in [2.75, 3.05) is 5.32 Å². The molecular formula is C23H25N3O4. The van der Waals surface area contributed by atoms with Gasteiger partial charge in [-0.3, -0.25) is 19.4 Å². The van der Waals surface area contributed by atoms with E-state index in [1.54, 1.807) is 42.7 Å². The molecule has 1 aromatic carbocycles. The summed E-state index contributed by atoms with van der Waals surface area (Å²) in [6.07, 6.45) is 4.18. The van der Waals surface area contributed by atoms with E-state index in [1.165, 1.54) is 0 Å². The van der Waals surface area contributed by atoms with E-state index in [9.17, 15) is 19.5 Å². The number of carboxylic acid groups (broad SMARTS) is 1. The van der Waals surface area contributed by atoms with E-state index < -0.39 is 17.8 Å². The molecule has 1 aliphatic rings. The first-order chi connectivity index (χ1) is 14.3. The summed E-state index contributed by atoms with van der Waals surface area (Å²) >= 11 is 0. The lowest BCUT2D eigenvalue weighted by molar-refractivity contribution is -0.146. The second-order valence-electron chi connectivity index (χ2n) is 7.63. The predicted molar refractivity (Wildman–Crippen MR) is 113 cm³/mol. The highest BCUT2D eigenvalue weighted by atomic mass is 16.4. The van der Waals surface area contributed by atoms with Gasteiger partial charge in [-0.05, 0) is 62.6 Å². The molecule has 0 fully saturated rings. The van der Waals surface area contributed by atoms with Gasteiger partial charge in [0, 0.05) is 30.2 Å². The van der Waals surface area contributed by atoms with Crippen LogP contribution < -0.4 is 10.6 Å². The molecule has 7 heteroatoms. The van der Waals surface area contributed by atoms with Gasteiger partial charge in [0.05, 0.1) is 11.8 Å². The molecule has 0 radical (unpaired) electrons. The van der Waals surface area contributed by atoms with Crippen molar-refractivity contribution in [3.05, 3.63) is 71.1 Å². The minimum atomic E-state index is -0.956. The van der Waals surface area contributed by atoms with E-state index >= 15 is 0 Å². The van der Waals surface area contributed by atoms with Gasteiger partial charge in [0.1, 0.15) is 0 Å². The number of rotatable bonds is 6. The van der Waals surface area contributed by atoms with Crippen LogP contribution in [0.2, 0.25) is 0 Å². The Morgan fingerprint density at radius 3 is 2.30 bits per heavy atom. The number of carbonyl (C=O) groups is 3. The topological polar surface area (TPSA) is 108 Å². The lowest BCUT2D eigenvalue weighted by Crippen LogP contribution is -2.36. The van der Waals surface area contributed by atoms with Gasteiger partial charge >= 0.3 is 5.97 Å². The molecule has 1 aromatic heterocycles. The Morgan fingerprint density at radius 1 is 1.03 bits per heavy atom. The summed E-state index contributed by atoms with van der Waals surface area (Å²) in [6, 6.07) is 10.2. The molecule has 0 bridgehead atoms. The summed E-state index contributed by atoms with van der Waals surface area (Å²) in [5.41, 5.74) is 3.99. The van der Waals surface area contributed by atoms with Gasteiger partial charge in [-0.1, -0.05) is 17.2 Å². The summed E-state index contributed by atoms with van der Waals surface area (Å²) in [6.45, 7) is 4.22. The zero-order chi connectivity index (χ0) is 21.7. The highest BCUT2D eigenvalue weighted by Gasteiger charge is 2.37. The molecule has 3 rings (SSSR count). The largest absolute Gasteiger partial charge is 0.481 e. The Balaban J connectivity index is 1.61. The Kier molecular flexibility index (Phi) is 6.61. The summed E-state index contributed by atoms with van der Waals surface area (Å²) in [7, 11) is 0. The summed E-state index contributed by atoms with van der Waals surface area (Å²) in [5, 5.41) is 15.1. The average molecular weight is 407 g/mol. The van der Waals surface area contributed by atoms with Gasteiger partial charge in [0.2, 0.25) is 5.91 Å². The number of amides is 2. The van der Waals surface area contributed by atoms with Crippen molar-refractivity contribution >= 4 is 23.5 Å². The predicted octanol–water partition coefficient (Wildman–Crippen LogP) is 3.40. The summed E-state index contributed by atoms with van der Waals surface area (Å²) in [5.74, 6) is -2.85. The van der Waals surface area contributed by atoms with Crippen molar-refractivity contribution in [1.82, 2.24) is 10.3 Å². The van der Waals surface area contributed by atoms with E-state index in [-0.39, 0.29) is 11.8 Å². The van der Waals surface area contributed by atoms with E-state index in [0.29, 0.717) is 30.6 Å². The van der Waals surface area contributed by atoms with Gasteiger partial charge in [-0.25, -0.2) is 0 Å². The SMILES string of the molecule is CC1=C(C)C[C@@H](C(=O)O)[C@@H](C(=O)Nc2ccc(C(=O)NCc3cccnc3)cc2)C1. The second-order valence-corrected chi connectivity index (χ2v) is 7.63. The van der Waals surface area contributed by atoms with E-state index in [4.69, 9.17) is 0 Å². The maximum absolute atomic E-state index is 12.7. The molecule has 3 N–H and O–H groups in total. The number of aromatic nitrogens is 1. The van der Waals surface area contributed by atoms with Crippen molar-refractivity contribution < 1.29 is 19.5 Å².